The molecule has 43 heavy (non-hydrogen) atoms. The molecule has 0 aliphatic heterocycles. The molecule has 3 atom stereocenters. The first-order valence-corrected chi connectivity index (χ1v) is 17.0. The van der Waals surface area contributed by atoms with Crippen molar-refractivity contribution in [1.82, 2.24) is 0 Å². The van der Waals surface area contributed by atoms with Gasteiger partial charge in [-0.15, -0.1) is 0 Å². The molecule has 11 nitrogen and oxygen atoms in total. The minimum Gasteiger partial charge on any atom is -0.480 e. The van der Waals surface area contributed by atoms with Crippen LogP contribution in [0.5, 0.6) is 0 Å². The van der Waals surface area contributed by atoms with E-state index in [1.807, 2.05) is 0 Å². The first-order chi connectivity index (χ1) is 20.6. The maximum absolute atomic E-state index is 12.3. The van der Waals surface area contributed by atoms with E-state index in [0.717, 1.165) is 51.4 Å². The summed E-state index contributed by atoms with van der Waals surface area (Å²) < 4.78 is 31.6. The summed E-state index contributed by atoms with van der Waals surface area (Å²) in [5, 5.41) is 8.74. The summed E-state index contributed by atoms with van der Waals surface area (Å²) in [5.74, 6) is -2.51. The summed E-state index contributed by atoms with van der Waals surface area (Å²) in [4.78, 5) is 44.2. The molecule has 0 saturated carbocycles. The Kier molecular flexibility index (Phi) is 25.8. The first-order valence-electron chi connectivity index (χ1n) is 15.5. The van der Waals surface area contributed by atoms with Gasteiger partial charge in [0.05, 0.1) is 13.2 Å². The van der Waals surface area contributed by atoms with Crippen LogP contribution in [0.3, 0.4) is 0 Å². The Hall–Kier alpha value is -2.30. The van der Waals surface area contributed by atoms with Crippen molar-refractivity contribution in [2.75, 3.05) is 19.8 Å². The van der Waals surface area contributed by atoms with Crippen molar-refractivity contribution in [3.05, 3.63) is 36.5 Å². The molecule has 0 fully saturated rings. The lowest BCUT2D eigenvalue weighted by Crippen LogP contribution is -2.34. The smallest absolute Gasteiger partial charge is 0.472 e. The fraction of sp³-hybridized carbons (Fsp3) is 0.710. The van der Waals surface area contributed by atoms with Gasteiger partial charge in [0.15, 0.2) is 6.10 Å². The van der Waals surface area contributed by atoms with Crippen molar-refractivity contribution in [2.24, 2.45) is 5.73 Å². The van der Waals surface area contributed by atoms with E-state index < -0.39 is 51.1 Å². The van der Waals surface area contributed by atoms with Gasteiger partial charge in [-0.3, -0.25) is 23.4 Å². The van der Waals surface area contributed by atoms with Gasteiger partial charge in [-0.1, -0.05) is 88.8 Å². The minimum atomic E-state index is -4.68. The zero-order valence-corrected chi connectivity index (χ0v) is 26.9. The first kappa shape index (κ1) is 40.7. The van der Waals surface area contributed by atoms with Crippen molar-refractivity contribution in [3.8, 4) is 0 Å². The molecule has 0 aliphatic rings. The standard InChI is InChI=1S/C31H54NO10P/c1-3-5-6-7-8-9-10-11-12-13-14-15-16-17-18-19-20-21-22-23-30(34)42-27(24-39-29(33)4-2)25-40-43(37,38)41-26-28(32)31(35)36/h8-9,11-12,14-15,27-28H,3-7,10,13,16-26,32H2,1-2H3,(H,35,36)(H,37,38)/b9-8-,12-11-,15-14-. The van der Waals surface area contributed by atoms with E-state index in [1.54, 1.807) is 6.92 Å². The number of phosphoric acid groups is 1. The molecule has 0 aromatic carbocycles. The van der Waals surface area contributed by atoms with E-state index in [-0.39, 0.29) is 19.4 Å². The fourth-order valence-corrected chi connectivity index (χ4v) is 4.42. The Morgan fingerprint density at radius 3 is 1.86 bits per heavy atom. The number of carbonyl (C=O) groups is 3. The Morgan fingerprint density at radius 2 is 1.28 bits per heavy atom. The Bertz CT molecular complexity index is 890. The topological polar surface area (TPSA) is 172 Å². The number of phosphoric ester groups is 1. The van der Waals surface area contributed by atoms with E-state index in [1.165, 1.54) is 25.7 Å². The number of ether oxygens (including phenoxy) is 2. The molecule has 12 heteroatoms. The number of rotatable bonds is 28. The average molecular weight is 632 g/mol. The van der Waals surface area contributed by atoms with E-state index in [2.05, 4.69) is 47.9 Å². The van der Waals surface area contributed by atoms with Gasteiger partial charge in [0.1, 0.15) is 12.6 Å². The summed E-state index contributed by atoms with van der Waals surface area (Å²) in [6, 6.07) is -1.52. The van der Waals surface area contributed by atoms with Gasteiger partial charge in [-0.05, 0) is 44.9 Å². The zero-order valence-electron chi connectivity index (χ0n) is 26.0. The molecule has 0 aromatic rings. The van der Waals surface area contributed by atoms with Gasteiger partial charge in [-0.2, -0.15) is 0 Å². The number of carbonyl (C=O) groups excluding carboxylic acids is 2. The third kappa shape index (κ3) is 27.0. The molecule has 0 saturated heterocycles. The van der Waals surface area contributed by atoms with Crippen LogP contribution in [0.25, 0.3) is 0 Å². The second-order valence-corrected chi connectivity index (χ2v) is 11.6. The van der Waals surface area contributed by atoms with Gasteiger partial charge in [-0.25, -0.2) is 4.57 Å². The fourth-order valence-electron chi connectivity index (χ4n) is 3.64. The van der Waals surface area contributed by atoms with Crippen LogP contribution in [-0.4, -0.2) is 59.9 Å². The summed E-state index contributed by atoms with van der Waals surface area (Å²) in [6.07, 6.45) is 26.3. The van der Waals surface area contributed by atoms with Crippen LogP contribution in [0.15, 0.2) is 36.5 Å². The Balaban J connectivity index is 4.11. The highest BCUT2D eigenvalue weighted by atomic mass is 31.2. The van der Waals surface area contributed by atoms with Gasteiger partial charge in [0.2, 0.25) is 0 Å². The highest BCUT2D eigenvalue weighted by Gasteiger charge is 2.28. The molecule has 0 amide bonds. The Labute approximate surface area is 257 Å². The molecule has 0 radical (unpaired) electrons. The van der Waals surface area contributed by atoms with Crippen molar-refractivity contribution >= 4 is 25.7 Å². The van der Waals surface area contributed by atoms with Gasteiger partial charge < -0.3 is 25.2 Å². The molecule has 3 unspecified atom stereocenters. The highest BCUT2D eigenvalue weighted by molar-refractivity contribution is 7.47. The van der Waals surface area contributed by atoms with Crippen LogP contribution >= 0.6 is 7.82 Å². The van der Waals surface area contributed by atoms with Crippen LogP contribution in [0.4, 0.5) is 0 Å². The monoisotopic (exact) mass is 631 g/mol. The predicted octanol–water partition coefficient (Wildman–Crippen LogP) is 6.55. The van der Waals surface area contributed by atoms with Crippen LogP contribution in [0, 0.1) is 0 Å². The largest absolute Gasteiger partial charge is 0.480 e. The SMILES string of the molecule is CCCCC/C=C\C/C=C\C/C=C\CCCCCCCCC(=O)OC(COC(=O)CC)COP(=O)(O)OCC(N)C(=O)O. The number of allylic oxidation sites excluding steroid dienone is 6. The minimum absolute atomic E-state index is 0.0984. The number of unbranched alkanes of at least 4 members (excludes halogenated alkanes) is 9. The van der Waals surface area contributed by atoms with Crippen molar-refractivity contribution in [3.63, 3.8) is 0 Å². The molecule has 0 aliphatic carbocycles. The average Bonchev–Trinajstić information content (AvgIpc) is 2.98. The molecule has 4 N–H and O–H groups in total. The van der Waals surface area contributed by atoms with Gasteiger partial charge >= 0.3 is 25.7 Å². The lowest BCUT2D eigenvalue weighted by atomic mass is 10.1. The quantitative estimate of drug-likeness (QED) is 0.0370. The second-order valence-electron chi connectivity index (χ2n) is 10.2. The summed E-state index contributed by atoms with van der Waals surface area (Å²) in [7, 11) is -4.68. The number of carboxylic acid groups (broad SMARTS) is 1. The number of carboxylic acids is 1. The van der Waals surface area contributed by atoms with Crippen LogP contribution < -0.4 is 5.73 Å². The number of esters is 2. The third-order valence-corrected chi connectivity index (χ3v) is 7.15. The molecular weight excluding hydrogens is 577 g/mol. The molecular formula is C31H54NO10P. The number of aliphatic carboxylic acids is 1. The molecule has 248 valence electrons. The number of hydrogen-bond donors (Lipinski definition) is 3. The van der Waals surface area contributed by atoms with E-state index in [9.17, 15) is 23.8 Å². The van der Waals surface area contributed by atoms with E-state index >= 15 is 0 Å². The second kappa shape index (κ2) is 27.3. The number of nitrogens with two attached hydrogens (primary N) is 1. The normalized spacial score (nSPS) is 14.7. The maximum Gasteiger partial charge on any atom is 0.472 e. The summed E-state index contributed by atoms with van der Waals surface area (Å²) in [6.45, 7) is 2.08. The van der Waals surface area contributed by atoms with Gasteiger partial charge in [0.25, 0.3) is 0 Å². The third-order valence-electron chi connectivity index (χ3n) is 6.20. The van der Waals surface area contributed by atoms with Crippen LogP contribution in [0.2, 0.25) is 0 Å². The van der Waals surface area contributed by atoms with E-state index in [0.29, 0.717) is 6.42 Å². The molecule has 0 spiro atoms. The molecule has 0 bridgehead atoms. The van der Waals surface area contributed by atoms with Crippen molar-refractivity contribution in [2.45, 2.75) is 122 Å². The Morgan fingerprint density at radius 1 is 0.744 bits per heavy atom. The van der Waals surface area contributed by atoms with Gasteiger partial charge in [0, 0.05) is 12.8 Å². The highest BCUT2D eigenvalue weighted by Crippen LogP contribution is 2.43. The lowest BCUT2D eigenvalue weighted by molar-refractivity contribution is -0.161. The van der Waals surface area contributed by atoms with Crippen molar-refractivity contribution in [1.29, 1.82) is 0 Å². The zero-order chi connectivity index (χ0) is 32.2. The molecule has 0 rings (SSSR count). The number of hydrogen-bond acceptors (Lipinski definition) is 9. The van der Waals surface area contributed by atoms with Crippen molar-refractivity contribution < 1.29 is 47.5 Å². The van der Waals surface area contributed by atoms with E-state index in [4.69, 9.17) is 24.8 Å². The predicted molar refractivity (Wildman–Crippen MR) is 166 cm³/mol. The van der Waals surface area contributed by atoms with Crippen LogP contribution in [-0.2, 0) is 37.5 Å². The molecule has 0 heterocycles. The lowest BCUT2D eigenvalue weighted by Gasteiger charge is -2.20. The molecule has 0 aromatic heterocycles. The van der Waals surface area contributed by atoms with Crippen LogP contribution in [0.1, 0.15) is 110 Å². The summed E-state index contributed by atoms with van der Waals surface area (Å²) in [5.41, 5.74) is 5.24. The maximum atomic E-state index is 12.3. The summed E-state index contributed by atoms with van der Waals surface area (Å²) >= 11 is 0.